The van der Waals surface area contributed by atoms with Crippen LogP contribution in [0.5, 0.6) is 0 Å². The van der Waals surface area contributed by atoms with Crippen molar-refractivity contribution in [3.05, 3.63) is 53.6 Å². The third-order valence-electron chi connectivity index (χ3n) is 8.48. The van der Waals surface area contributed by atoms with E-state index in [9.17, 15) is 19.5 Å². The van der Waals surface area contributed by atoms with E-state index in [0.29, 0.717) is 19.5 Å². The molecule has 7 nitrogen and oxygen atoms in total. The molecular formula is C28H35N3O4S. The molecule has 4 aliphatic rings. The average molecular weight is 510 g/mol. The number of aryl methyl sites for hydroxylation is 2. The highest BCUT2D eigenvalue weighted by Gasteiger charge is 2.74. The van der Waals surface area contributed by atoms with Crippen molar-refractivity contribution in [3.63, 3.8) is 0 Å². The number of hydrogen-bond acceptors (Lipinski definition) is 5. The summed E-state index contributed by atoms with van der Waals surface area (Å²) in [5.41, 5.74) is 2.84. The van der Waals surface area contributed by atoms with Crippen molar-refractivity contribution in [2.24, 2.45) is 11.8 Å². The number of amides is 3. The highest BCUT2D eigenvalue weighted by atomic mass is 32.2. The number of aliphatic hydroxyl groups excluding tert-OH is 1. The molecule has 36 heavy (non-hydrogen) atoms. The first-order valence-corrected chi connectivity index (χ1v) is 13.5. The van der Waals surface area contributed by atoms with Crippen molar-refractivity contribution < 1.29 is 19.5 Å². The number of thioether (sulfide) groups is 1. The molecule has 3 amide bonds. The van der Waals surface area contributed by atoms with Gasteiger partial charge in [0.2, 0.25) is 11.8 Å². The minimum absolute atomic E-state index is 0.0698. The maximum atomic E-state index is 14.6. The number of carbonyl (C=O) groups excluding carboxylic acids is 3. The predicted octanol–water partition coefficient (Wildman–Crippen LogP) is 2.69. The summed E-state index contributed by atoms with van der Waals surface area (Å²) in [6.45, 7) is 8.57. The molecule has 2 saturated heterocycles. The van der Waals surface area contributed by atoms with Gasteiger partial charge in [-0.05, 0) is 38.3 Å². The Hall–Kier alpha value is -2.58. The van der Waals surface area contributed by atoms with E-state index in [4.69, 9.17) is 0 Å². The Labute approximate surface area is 217 Å². The number of benzene rings is 1. The van der Waals surface area contributed by atoms with Crippen LogP contribution in [0.15, 0.2) is 42.5 Å². The smallest absolute Gasteiger partial charge is 0.251 e. The van der Waals surface area contributed by atoms with Crippen molar-refractivity contribution in [1.29, 1.82) is 0 Å². The average Bonchev–Trinajstić information content (AvgIpc) is 3.11. The lowest BCUT2D eigenvalue weighted by Crippen LogP contribution is -2.57. The number of aliphatic hydroxyl groups is 1. The van der Waals surface area contributed by atoms with Crippen molar-refractivity contribution >= 4 is 35.2 Å². The number of anilines is 1. The van der Waals surface area contributed by atoms with Crippen molar-refractivity contribution in [2.45, 2.75) is 55.7 Å². The molecule has 0 radical (unpaired) electrons. The van der Waals surface area contributed by atoms with Crippen LogP contribution in [0.4, 0.5) is 5.69 Å². The van der Waals surface area contributed by atoms with Crippen LogP contribution in [-0.4, -0.2) is 80.9 Å². The monoisotopic (exact) mass is 509 g/mol. The van der Waals surface area contributed by atoms with Crippen molar-refractivity contribution in [2.75, 3.05) is 31.6 Å². The van der Waals surface area contributed by atoms with Gasteiger partial charge in [-0.1, -0.05) is 49.4 Å². The summed E-state index contributed by atoms with van der Waals surface area (Å²) in [6.07, 6.45) is 8.59. The van der Waals surface area contributed by atoms with Gasteiger partial charge in [0, 0.05) is 30.6 Å². The van der Waals surface area contributed by atoms with Crippen molar-refractivity contribution in [1.82, 2.24) is 9.80 Å². The van der Waals surface area contributed by atoms with Crippen LogP contribution < -0.4 is 4.90 Å². The van der Waals surface area contributed by atoms with Crippen LogP contribution in [0.2, 0.25) is 0 Å². The summed E-state index contributed by atoms with van der Waals surface area (Å²) in [5.74, 6) is -1.71. The van der Waals surface area contributed by atoms with Crippen molar-refractivity contribution in [3.8, 4) is 0 Å². The number of fused-ring (bicyclic) bond motifs is 2. The van der Waals surface area contributed by atoms with Crippen LogP contribution in [0, 0.1) is 25.7 Å². The molecule has 8 heteroatoms. The molecular weight excluding hydrogens is 474 g/mol. The van der Waals surface area contributed by atoms with E-state index in [1.54, 1.807) is 33.5 Å². The lowest BCUT2D eigenvalue weighted by Gasteiger charge is -2.40. The minimum Gasteiger partial charge on any atom is -0.394 e. The molecule has 0 saturated carbocycles. The molecule has 1 aromatic rings. The Morgan fingerprint density at radius 1 is 1.03 bits per heavy atom. The normalized spacial score (nSPS) is 34.4. The molecule has 5 rings (SSSR count). The van der Waals surface area contributed by atoms with Crippen LogP contribution in [-0.2, 0) is 14.4 Å². The van der Waals surface area contributed by atoms with Crippen LogP contribution >= 0.6 is 11.8 Å². The number of carbonyl (C=O) groups is 3. The standard InChI is InChI=1S/C28H35N3O4S/c1-6-19(16-32)31-23-26(35)30(22-17(2)10-7-11-18(22)3)15-9-13-28(23)21(25(31)34)20-24(33)29(5)14-8-12-27(20,4)36-28/h7-13,19-21,23,32H,6,14-16H2,1-5H3/t19-,20+,21-,23?,27-,28-/m0/s1. The lowest BCUT2D eigenvalue weighted by molar-refractivity contribution is -0.144. The highest BCUT2D eigenvalue weighted by Crippen LogP contribution is 2.66. The first-order chi connectivity index (χ1) is 17.1. The number of rotatable bonds is 4. The Kier molecular flexibility index (Phi) is 6.11. The molecule has 6 atom stereocenters. The van der Waals surface area contributed by atoms with Gasteiger partial charge in [-0.25, -0.2) is 0 Å². The summed E-state index contributed by atoms with van der Waals surface area (Å²) in [7, 11) is 1.77. The third kappa shape index (κ3) is 3.33. The highest BCUT2D eigenvalue weighted by molar-refractivity contribution is 8.02. The second kappa shape index (κ2) is 8.77. The van der Waals surface area contributed by atoms with Gasteiger partial charge in [0.25, 0.3) is 5.91 Å². The summed E-state index contributed by atoms with van der Waals surface area (Å²) < 4.78 is -1.52. The zero-order valence-corrected chi connectivity index (χ0v) is 22.4. The Morgan fingerprint density at radius 2 is 1.69 bits per heavy atom. The van der Waals surface area contributed by atoms with E-state index < -0.39 is 33.4 Å². The van der Waals surface area contributed by atoms with E-state index in [2.05, 4.69) is 6.08 Å². The Morgan fingerprint density at radius 3 is 2.33 bits per heavy atom. The summed E-state index contributed by atoms with van der Waals surface area (Å²) in [6, 6.07) is 4.65. The SMILES string of the molecule is CC[C@@H](CO)N1C(=O)[C@@H]2[C@@H]3C(=O)N(C)CC=C[C@]3(C)S[C@@]23C=CCN(c2c(C)cccc2C)C(=O)C13. The second-order valence-corrected chi connectivity index (χ2v) is 12.5. The summed E-state index contributed by atoms with van der Waals surface area (Å²) >= 11 is 1.57. The molecule has 2 fully saturated rings. The first-order valence-electron chi connectivity index (χ1n) is 12.7. The molecule has 192 valence electrons. The van der Waals surface area contributed by atoms with E-state index in [1.807, 2.05) is 64.1 Å². The number of para-hydroxylation sites is 1. The van der Waals surface area contributed by atoms with Gasteiger partial charge in [-0.2, -0.15) is 0 Å². The fourth-order valence-electron chi connectivity index (χ4n) is 6.82. The molecule has 1 aromatic carbocycles. The van der Waals surface area contributed by atoms with Crippen LogP contribution in [0.25, 0.3) is 0 Å². The molecule has 0 aromatic heterocycles. The fraction of sp³-hybridized carbons (Fsp3) is 0.536. The number of hydrogen-bond donors (Lipinski definition) is 1. The van der Waals surface area contributed by atoms with E-state index in [-0.39, 0.29) is 24.3 Å². The van der Waals surface area contributed by atoms with E-state index in [1.165, 1.54) is 0 Å². The van der Waals surface area contributed by atoms with Gasteiger partial charge in [0.05, 0.1) is 29.2 Å². The molecule has 1 unspecified atom stereocenters. The van der Waals surface area contributed by atoms with Gasteiger partial charge in [0.1, 0.15) is 6.04 Å². The maximum Gasteiger partial charge on any atom is 0.251 e. The Bertz CT molecular complexity index is 1160. The second-order valence-electron chi connectivity index (χ2n) is 10.7. The number of nitrogens with zero attached hydrogens (tertiary/aromatic N) is 3. The van der Waals surface area contributed by atoms with Crippen LogP contribution in [0.3, 0.4) is 0 Å². The Balaban J connectivity index is 1.71. The van der Waals surface area contributed by atoms with E-state index in [0.717, 1.165) is 16.8 Å². The molecule has 1 spiro atoms. The third-order valence-corrected chi connectivity index (χ3v) is 10.3. The van der Waals surface area contributed by atoms with Gasteiger partial charge in [-0.15, -0.1) is 11.8 Å². The first kappa shape index (κ1) is 25.1. The minimum atomic E-state index is -0.903. The quantitative estimate of drug-likeness (QED) is 0.632. The number of likely N-dealkylation sites (tertiary alicyclic amines) is 1. The fourth-order valence-corrected chi connectivity index (χ4v) is 8.97. The summed E-state index contributed by atoms with van der Waals surface area (Å²) in [4.78, 5) is 47.6. The van der Waals surface area contributed by atoms with Gasteiger partial charge >= 0.3 is 0 Å². The largest absolute Gasteiger partial charge is 0.394 e. The van der Waals surface area contributed by atoms with Gasteiger partial charge in [-0.3, -0.25) is 14.4 Å². The molecule has 1 N–H and O–H groups in total. The van der Waals surface area contributed by atoms with Gasteiger partial charge < -0.3 is 19.8 Å². The van der Waals surface area contributed by atoms with E-state index >= 15 is 0 Å². The topological polar surface area (TPSA) is 81.2 Å². The predicted molar refractivity (Wildman–Crippen MR) is 142 cm³/mol. The zero-order chi connectivity index (χ0) is 26.0. The van der Waals surface area contributed by atoms with Crippen LogP contribution in [0.1, 0.15) is 31.4 Å². The summed E-state index contributed by atoms with van der Waals surface area (Å²) in [5, 5.41) is 10.3. The number of likely N-dealkylation sites (N-methyl/N-ethyl adjacent to an activating group) is 1. The zero-order valence-electron chi connectivity index (χ0n) is 21.6. The molecule has 0 aliphatic carbocycles. The molecule has 4 heterocycles. The van der Waals surface area contributed by atoms with Gasteiger partial charge in [0.15, 0.2) is 0 Å². The molecule has 4 aliphatic heterocycles. The lowest BCUT2D eigenvalue weighted by atomic mass is 9.74. The molecule has 0 bridgehead atoms. The maximum absolute atomic E-state index is 14.6.